The average molecular weight is 258 g/mol. The number of hydrogen-bond donors (Lipinski definition) is 2. The number of anilines is 2. The first-order valence-corrected chi connectivity index (χ1v) is 6.23. The Morgan fingerprint density at radius 1 is 1.44 bits per heavy atom. The van der Waals surface area contributed by atoms with Crippen LogP contribution in [-0.2, 0) is 10.0 Å². The van der Waals surface area contributed by atoms with E-state index in [0.717, 1.165) is 11.5 Å². The number of sulfonamides is 1. The number of hydrogen-bond acceptors (Lipinski definition) is 8. The summed E-state index contributed by atoms with van der Waals surface area (Å²) in [6.45, 7) is 0. The molecule has 2 aromatic rings. The molecule has 3 N–H and O–H groups in total. The van der Waals surface area contributed by atoms with Crippen LogP contribution >= 0.6 is 11.5 Å². The molecule has 0 aliphatic rings. The molecule has 10 heteroatoms. The molecule has 0 saturated heterocycles. The van der Waals surface area contributed by atoms with Gasteiger partial charge in [0.2, 0.25) is 5.13 Å². The average Bonchev–Trinajstić information content (AvgIpc) is 2.70. The van der Waals surface area contributed by atoms with E-state index in [9.17, 15) is 8.42 Å². The van der Waals surface area contributed by atoms with E-state index in [1.54, 1.807) is 0 Å². The van der Waals surface area contributed by atoms with Crippen LogP contribution in [0.25, 0.3) is 0 Å². The molecular formula is C6H6N6O2S2. The van der Waals surface area contributed by atoms with Crippen molar-refractivity contribution in [3.63, 3.8) is 0 Å². The Labute approximate surface area is 94.7 Å². The fourth-order valence-corrected chi connectivity index (χ4v) is 2.55. The summed E-state index contributed by atoms with van der Waals surface area (Å²) in [5.74, 6) is 0.123. The molecule has 0 fully saturated rings. The minimum absolute atomic E-state index is 0.00944. The van der Waals surface area contributed by atoms with Gasteiger partial charge in [0.15, 0.2) is 0 Å². The lowest BCUT2D eigenvalue weighted by Gasteiger charge is -2.03. The Kier molecular flexibility index (Phi) is 2.66. The van der Waals surface area contributed by atoms with E-state index in [0.29, 0.717) is 0 Å². The van der Waals surface area contributed by atoms with Gasteiger partial charge in [0.25, 0.3) is 10.0 Å². The van der Waals surface area contributed by atoms with Gasteiger partial charge in [-0.15, -0.1) is 0 Å². The number of nitrogen functional groups attached to an aromatic ring is 1. The summed E-state index contributed by atoms with van der Waals surface area (Å²) < 4.78 is 29.2. The van der Waals surface area contributed by atoms with Gasteiger partial charge in [0.1, 0.15) is 5.82 Å². The first-order valence-electron chi connectivity index (χ1n) is 3.97. The Hall–Kier alpha value is -1.81. The van der Waals surface area contributed by atoms with Crippen molar-refractivity contribution in [2.75, 3.05) is 10.5 Å². The van der Waals surface area contributed by atoms with Crippen LogP contribution in [0.2, 0.25) is 0 Å². The first kappa shape index (κ1) is 10.7. The topological polar surface area (TPSA) is 124 Å². The number of rotatable bonds is 3. The van der Waals surface area contributed by atoms with E-state index in [1.165, 1.54) is 18.3 Å². The Morgan fingerprint density at radius 3 is 2.88 bits per heavy atom. The summed E-state index contributed by atoms with van der Waals surface area (Å²) in [5, 5.41) is 6.83. The van der Waals surface area contributed by atoms with Crippen molar-refractivity contribution in [3.8, 4) is 0 Å². The van der Waals surface area contributed by atoms with Crippen molar-refractivity contribution in [1.29, 1.82) is 0 Å². The number of nitrogens with two attached hydrogens (primary N) is 1. The zero-order valence-corrected chi connectivity index (χ0v) is 9.36. The zero-order chi connectivity index (χ0) is 11.6. The predicted octanol–water partition coefficient (Wildman–Crippen LogP) is -0.289. The Bertz CT molecular complexity index is 581. The summed E-state index contributed by atoms with van der Waals surface area (Å²) in [7, 11) is -3.71. The van der Waals surface area contributed by atoms with Crippen LogP contribution in [0.15, 0.2) is 23.2 Å². The molecule has 0 aliphatic heterocycles. The van der Waals surface area contributed by atoms with Crippen molar-refractivity contribution >= 4 is 32.5 Å². The third-order valence-corrected chi connectivity index (χ3v) is 3.56. The molecule has 0 spiro atoms. The minimum atomic E-state index is -3.71. The third kappa shape index (κ3) is 2.23. The molecule has 0 aromatic carbocycles. The molecule has 0 bridgehead atoms. The monoisotopic (exact) mass is 258 g/mol. The van der Waals surface area contributed by atoms with Crippen LogP contribution < -0.4 is 10.5 Å². The van der Waals surface area contributed by atoms with Crippen LogP contribution in [0.5, 0.6) is 0 Å². The molecule has 2 aromatic heterocycles. The van der Waals surface area contributed by atoms with Crippen molar-refractivity contribution in [3.05, 3.63) is 18.3 Å². The van der Waals surface area contributed by atoms with Crippen molar-refractivity contribution < 1.29 is 8.42 Å². The van der Waals surface area contributed by atoms with Gasteiger partial charge in [0, 0.05) is 23.8 Å². The molecule has 0 atom stereocenters. The highest BCUT2D eigenvalue weighted by atomic mass is 32.2. The second-order valence-electron chi connectivity index (χ2n) is 2.69. The fraction of sp³-hybridized carbons (Fsp3) is 0. The normalized spacial score (nSPS) is 11.2. The smallest absolute Gasteiger partial charge is 0.263 e. The lowest BCUT2D eigenvalue weighted by molar-refractivity contribution is 0.601. The van der Waals surface area contributed by atoms with E-state index >= 15 is 0 Å². The summed E-state index contributed by atoms with van der Waals surface area (Å²) >= 11 is 0.839. The molecule has 8 nitrogen and oxygen atoms in total. The number of nitrogens with one attached hydrogen (secondary N) is 1. The summed E-state index contributed by atoms with van der Waals surface area (Å²) in [4.78, 5) is 3.71. The molecular weight excluding hydrogens is 252 g/mol. The lowest BCUT2D eigenvalue weighted by atomic mass is 10.5. The molecule has 2 heterocycles. The first-order chi connectivity index (χ1) is 7.58. The molecule has 0 amide bonds. The van der Waals surface area contributed by atoms with Crippen molar-refractivity contribution in [1.82, 2.24) is 19.8 Å². The van der Waals surface area contributed by atoms with Gasteiger partial charge in [-0.3, -0.25) is 4.72 Å². The van der Waals surface area contributed by atoms with Crippen LogP contribution in [0.4, 0.5) is 10.9 Å². The largest absolute Gasteiger partial charge is 0.384 e. The maximum atomic E-state index is 11.8. The van der Waals surface area contributed by atoms with E-state index in [4.69, 9.17) is 5.73 Å². The van der Waals surface area contributed by atoms with Gasteiger partial charge >= 0.3 is 0 Å². The molecule has 0 aliphatic carbocycles. The van der Waals surface area contributed by atoms with E-state index < -0.39 is 10.0 Å². The van der Waals surface area contributed by atoms with Crippen molar-refractivity contribution in [2.24, 2.45) is 0 Å². The van der Waals surface area contributed by atoms with Gasteiger partial charge < -0.3 is 5.73 Å². The fourth-order valence-electron chi connectivity index (χ4n) is 0.942. The number of nitrogens with zero attached hydrogens (tertiary/aromatic N) is 4. The minimum Gasteiger partial charge on any atom is -0.384 e. The van der Waals surface area contributed by atoms with Crippen LogP contribution in [0.1, 0.15) is 0 Å². The standard InChI is InChI=1S/C6H6N6O2S2/c7-5-3-4(1-2-8-5)16(13,14)10-6-9-11-12-15-6/h1-3H,(H2,7,8)(H,9,10,12). The van der Waals surface area contributed by atoms with Gasteiger partial charge in [-0.25, -0.2) is 13.4 Å². The van der Waals surface area contributed by atoms with E-state index in [1.807, 2.05) is 0 Å². The van der Waals surface area contributed by atoms with Crippen molar-refractivity contribution in [2.45, 2.75) is 4.90 Å². The van der Waals surface area contributed by atoms with Gasteiger partial charge in [-0.1, -0.05) is 9.59 Å². The van der Waals surface area contributed by atoms with Crippen LogP contribution in [-0.4, -0.2) is 28.2 Å². The lowest BCUT2D eigenvalue weighted by Crippen LogP contribution is -2.13. The molecule has 0 unspecified atom stereocenters. The maximum absolute atomic E-state index is 11.8. The summed E-state index contributed by atoms with van der Waals surface area (Å²) in [5.41, 5.74) is 5.39. The molecule has 2 rings (SSSR count). The number of pyridine rings is 1. The molecule has 0 saturated carbocycles. The highest BCUT2D eigenvalue weighted by Crippen LogP contribution is 2.16. The van der Waals surface area contributed by atoms with Gasteiger partial charge in [-0.2, -0.15) is 0 Å². The Balaban J connectivity index is 2.33. The quantitative estimate of drug-likeness (QED) is 0.775. The maximum Gasteiger partial charge on any atom is 0.263 e. The SMILES string of the molecule is Nc1cc(S(=O)(=O)Nc2nnns2)ccn1. The van der Waals surface area contributed by atoms with Crippen LogP contribution in [0.3, 0.4) is 0 Å². The summed E-state index contributed by atoms with van der Waals surface area (Å²) in [6.07, 6.45) is 1.31. The second-order valence-corrected chi connectivity index (χ2v) is 5.10. The van der Waals surface area contributed by atoms with Gasteiger partial charge in [-0.05, 0) is 11.3 Å². The van der Waals surface area contributed by atoms with Gasteiger partial charge in [0.05, 0.1) is 4.90 Å². The van der Waals surface area contributed by atoms with Crippen LogP contribution in [0, 0.1) is 0 Å². The summed E-state index contributed by atoms with van der Waals surface area (Å²) in [6, 6.07) is 2.57. The predicted molar refractivity (Wildman–Crippen MR) is 57.2 cm³/mol. The van der Waals surface area contributed by atoms with E-state index in [2.05, 4.69) is 24.5 Å². The molecule has 16 heavy (non-hydrogen) atoms. The number of aromatic nitrogens is 4. The third-order valence-electron chi connectivity index (χ3n) is 1.58. The molecule has 0 radical (unpaired) electrons. The Morgan fingerprint density at radius 2 is 2.25 bits per heavy atom. The zero-order valence-electron chi connectivity index (χ0n) is 7.73. The highest BCUT2D eigenvalue weighted by Gasteiger charge is 2.16. The second kappa shape index (κ2) is 3.98. The highest BCUT2D eigenvalue weighted by molar-refractivity contribution is 7.93. The molecule has 84 valence electrons. The van der Waals surface area contributed by atoms with E-state index in [-0.39, 0.29) is 15.8 Å².